The second-order valence-corrected chi connectivity index (χ2v) is 20.3. The Morgan fingerprint density at radius 3 is 2.26 bits per heavy atom. The first-order valence-corrected chi connectivity index (χ1v) is 25.1. The van der Waals surface area contributed by atoms with Crippen molar-refractivity contribution in [1.29, 1.82) is 0 Å². The van der Waals surface area contributed by atoms with Crippen molar-refractivity contribution in [3.05, 3.63) is 47.6 Å². The summed E-state index contributed by atoms with van der Waals surface area (Å²) in [5.41, 5.74) is 1.30. The summed E-state index contributed by atoms with van der Waals surface area (Å²) in [7, 11) is 4.61. The number of nitrogens with zero attached hydrogens (tertiary/aromatic N) is 1. The normalized spacial score (nSPS) is 39.0. The Hall–Kier alpha value is -3.12. The number of methoxy groups -OCH3 is 3. The molecule has 4 N–H and O–H groups in total. The first-order valence-electron chi connectivity index (χ1n) is 25.1. The molecule has 1 saturated carbocycles. The molecule has 16 atom stereocenters. The summed E-state index contributed by atoms with van der Waals surface area (Å²) < 4.78 is 35.7. The van der Waals surface area contributed by atoms with E-state index in [2.05, 4.69) is 0 Å². The van der Waals surface area contributed by atoms with Crippen LogP contribution >= 0.6 is 0 Å². The van der Waals surface area contributed by atoms with Gasteiger partial charge in [-0.25, -0.2) is 4.79 Å². The van der Waals surface area contributed by atoms with Crippen molar-refractivity contribution in [2.45, 2.75) is 186 Å². The molecule has 0 spiro atoms. The lowest BCUT2D eigenvalue weighted by Crippen LogP contribution is -2.63. The summed E-state index contributed by atoms with van der Waals surface area (Å²) in [5.74, 6) is -6.22. The minimum Gasteiger partial charge on any atom is -0.460 e. The first kappa shape index (κ1) is 57.5. The van der Waals surface area contributed by atoms with Crippen LogP contribution in [-0.2, 0) is 47.6 Å². The van der Waals surface area contributed by atoms with Gasteiger partial charge >= 0.3 is 5.97 Å². The number of fused-ring (bicyclic) bond motifs is 3. The zero-order valence-corrected chi connectivity index (χ0v) is 42.5. The standard InChI is InChI=1S/C53H85NO14/c1-32-16-12-11-13-17-33(2)44(63-8)30-40-21-19-38(7)53(62,68-40)50(59)51(60)54-23-15-14-18-41(54)52(61)67-45(35(4)28-39-20-22-43(66-25-24-55)46(29-39)64-9)31-42(56)34(3)27-37(6)48(58)49(65-10)47(57)36(5)26-32/h11-13,16-17,27,32,34-36,38-41,43-46,48-50,55,58-59,62H,14-15,18-26,28-31H2,1-10H3/b13-11?,16-12+,33-17?,37-27+/t32-,34-,35-,36-,38-,39+,40+,41+,43-,44+,45+,46-,48-,49+,50?,53-/m1/s1. The minimum absolute atomic E-state index is 0.0229. The van der Waals surface area contributed by atoms with Gasteiger partial charge in [0.1, 0.15) is 30.1 Å². The molecular formula is C53H85NO14. The topological polar surface area (TPSA) is 208 Å². The van der Waals surface area contributed by atoms with Crippen molar-refractivity contribution in [2.24, 2.45) is 35.5 Å². The van der Waals surface area contributed by atoms with Crippen LogP contribution in [0.5, 0.6) is 0 Å². The number of rotatable bonds is 9. The minimum atomic E-state index is -2.24. The van der Waals surface area contributed by atoms with E-state index in [1.165, 1.54) is 12.0 Å². The van der Waals surface area contributed by atoms with Crippen LogP contribution in [0, 0.1) is 35.5 Å². The highest BCUT2D eigenvalue weighted by Crippen LogP contribution is 2.39. The Balaban J connectivity index is 1.69. The van der Waals surface area contributed by atoms with Crippen LogP contribution < -0.4 is 0 Å². The Morgan fingerprint density at radius 1 is 0.853 bits per heavy atom. The van der Waals surface area contributed by atoms with E-state index in [0.29, 0.717) is 63.4 Å². The lowest BCUT2D eigenvalue weighted by atomic mass is 9.78. The van der Waals surface area contributed by atoms with Crippen LogP contribution in [0.15, 0.2) is 47.6 Å². The molecule has 15 nitrogen and oxygen atoms in total. The molecule has 1 unspecified atom stereocenters. The van der Waals surface area contributed by atoms with Gasteiger partial charge in [0.05, 0.1) is 37.6 Å². The fourth-order valence-electron chi connectivity index (χ4n) is 10.6. The maximum atomic E-state index is 14.5. The summed E-state index contributed by atoms with van der Waals surface area (Å²) in [4.78, 5) is 58.1. The Kier molecular flexibility index (Phi) is 23.2. The molecule has 3 fully saturated rings. The number of aliphatic hydroxyl groups excluding tert-OH is 3. The van der Waals surface area contributed by atoms with Gasteiger partial charge in [0, 0.05) is 58.5 Å². The second kappa shape index (κ2) is 27.5. The number of cyclic esters (lactones) is 1. The molecule has 4 rings (SSSR count). The van der Waals surface area contributed by atoms with Crippen LogP contribution in [0.3, 0.4) is 0 Å². The molecule has 3 aliphatic heterocycles. The summed E-state index contributed by atoms with van der Waals surface area (Å²) in [6.45, 7) is 13.1. The van der Waals surface area contributed by atoms with Crippen LogP contribution in [0.1, 0.15) is 126 Å². The molecule has 0 radical (unpaired) electrons. The number of allylic oxidation sites excluding steroid dienone is 6. The third-order valence-corrected chi connectivity index (χ3v) is 15.1. The van der Waals surface area contributed by atoms with E-state index in [-0.39, 0.29) is 74.1 Å². The van der Waals surface area contributed by atoms with Crippen LogP contribution in [0.2, 0.25) is 0 Å². The molecular weight excluding hydrogens is 875 g/mol. The Morgan fingerprint density at radius 2 is 1.59 bits per heavy atom. The van der Waals surface area contributed by atoms with E-state index in [1.807, 2.05) is 58.1 Å². The smallest absolute Gasteiger partial charge is 0.329 e. The number of piperidine rings is 1. The Bertz CT molecular complexity index is 1760. The van der Waals surface area contributed by atoms with Gasteiger partial charge in [-0.1, -0.05) is 71.1 Å². The van der Waals surface area contributed by atoms with Crippen LogP contribution in [0.25, 0.3) is 0 Å². The largest absolute Gasteiger partial charge is 0.460 e. The molecule has 4 aliphatic rings. The van der Waals surface area contributed by atoms with E-state index in [9.17, 15) is 39.6 Å². The molecule has 386 valence electrons. The number of carbonyl (C=O) groups excluding carboxylic acids is 4. The summed E-state index contributed by atoms with van der Waals surface area (Å²) in [5, 5.41) is 44.7. The number of ether oxygens (including phenoxy) is 6. The molecule has 2 saturated heterocycles. The average Bonchev–Trinajstić information content (AvgIpc) is 3.32. The number of hydrogen-bond acceptors (Lipinski definition) is 14. The summed E-state index contributed by atoms with van der Waals surface area (Å²) in [6.07, 6.45) is 10.5. The van der Waals surface area contributed by atoms with Crippen LogP contribution in [0.4, 0.5) is 0 Å². The molecule has 1 amide bonds. The molecule has 1 aliphatic carbocycles. The van der Waals surface area contributed by atoms with Gasteiger partial charge in [-0.05, 0) is 107 Å². The zero-order valence-electron chi connectivity index (χ0n) is 42.5. The van der Waals surface area contributed by atoms with E-state index in [4.69, 9.17) is 28.4 Å². The van der Waals surface area contributed by atoms with Crippen molar-refractivity contribution in [1.82, 2.24) is 4.90 Å². The maximum absolute atomic E-state index is 14.5. The zero-order chi connectivity index (χ0) is 50.3. The lowest BCUT2D eigenvalue weighted by Gasteiger charge is -2.46. The number of aliphatic hydroxyl groups is 4. The molecule has 0 aromatic carbocycles. The quantitative estimate of drug-likeness (QED) is 0.155. The molecule has 15 heteroatoms. The van der Waals surface area contributed by atoms with E-state index >= 15 is 0 Å². The number of hydrogen-bond donors (Lipinski definition) is 4. The Labute approximate surface area is 405 Å². The van der Waals surface area contributed by atoms with Crippen molar-refractivity contribution >= 4 is 23.4 Å². The van der Waals surface area contributed by atoms with Crippen molar-refractivity contribution < 1.29 is 68.0 Å². The second-order valence-electron chi connectivity index (χ2n) is 20.3. The fraction of sp³-hybridized carbons (Fsp3) is 0.774. The van der Waals surface area contributed by atoms with Crippen molar-refractivity contribution in [3.8, 4) is 0 Å². The third-order valence-electron chi connectivity index (χ3n) is 15.1. The van der Waals surface area contributed by atoms with Gasteiger partial charge in [0.2, 0.25) is 5.79 Å². The highest BCUT2D eigenvalue weighted by Gasteiger charge is 2.53. The summed E-state index contributed by atoms with van der Waals surface area (Å²) >= 11 is 0. The van der Waals surface area contributed by atoms with Crippen molar-refractivity contribution in [3.63, 3.8) is 0 Å². The molecule has 68 heavy (non-hydrogen) atoms. The maximum Gasteiger partial charge on any atom is 0.329 e. The highest BCUT2D eigenvalue weighted by molar-refractivity contribution is 5.89. The van der Waals surface area contributed by atoms with E-state index < -0.39 is 78.1 Å². The first-order chi connectivity index (χ1) is 32.3. The van der Waals surface area contributed by atoms with Crippen molar-refractivity contribution in [2.75, 3.05) is 41.1 Å². The molecule has 3 heterocycles. The monoisotopic (exact) mass is 960 g/mol. The van der Waals surface area contributed by atoms with Gasteiger partial charge in [-0.2, -0.15) is 0 Å². The molecule has 0 aromatic heterocycles. The SMILES string of the molecule is CO[C@H]1C[C@@H]2CC[C@@H](C)[C@@](O)(O2)C(O)C(=O)N2CCCC[C@H]2C(=O)O[C@H]([C@H](C)C[C@@H]2CC[C@@H](OCCO)[C@H](OC)C2)CC(=O)[C@H](C)/C=C(\C)[C@@H](O)[C@@H](OC)C(=O)[C@H](C)C[C@H](C)/C=C/C=CC=C1C. The third kappa shape index (κ3) is 15.4. The summed E-state index contributed by atoms with van der Waals surface area (Å²) in [6, 6.07) is -1.08. The van der Waals surface area contributed by atoms with Gasteiger partial charge in [0.25, 0.3) is 5.91 Å². The van der Waals surface area contributed by atoms with Gasteiger partial charge in [-0.3, -0.25) is 14.4 Å². The average molecular weight is 960 g/mol. The number of esters is 1. The van der Waals surface area contributed by atoms with E-state index in [0.717, 1.165) is 12.0 Å². The van der Waals surface area contributed by atoms with Gasteiger partial charge in [0.15, 0.2) is 11.9 Å². The highest BCUT2D eigenvalue weighted by atomic mass is 16.6. The number of carbonyl (C=O) groups is 4. The van der Waals surface area contributed by atoms with Gasteiger partial charge < -0.3 is 53.7 Å². The molecule has 0 aromatic rings. The number of ketones is 2. The fourth-order valence-corrected chi connectivity index (χ4v) is 10.6. The number of Topliss-reactive ketones (excluding diaryl/α,β-unsaturated/α-hetero) is 2. The molecule has 2 bridgehead atoms. The predicted molar refractivity (Wildman–Crippen MR) is 257 cm³/mol. The lowest BCUT2D eigenvalue weighted by molar-refractivity contribution is -0.317. The van der Waals surface area contributed by atoms with Crippen LogP contribution in [-0.4, -0.2) is 151 Å². The number of amides is 1. The van der Waals surface area contributed by atoms with Gasteiger partial charge in [-0.15, -0.1) is 0 Å². The van der Waals surface area contributed by atoms with E-state index in [1.54, 1.807) is 41.1 Å². The predicted octanol–water partition coefficient (Wildman–Crippen LogP) is 5.99.